The largest absolute Gasteiger partial charge is 0.336 e. The summed E-state index contributed by atoms with van der Waals surface area (Å²) in [5.74, 6) is -0.163. The van der Waals surface area contributed by atoms with Crippen molar-refractivity contribution in [2.45, 2.75) is 19.8 Å². The maximum absolute atomic E-state index is 13.1. The lowest BCUT2D eigenvalue weighted by molar-refractivity contribution is 0.0643. The van der Waals surface area contributed by atoms with Crippen LogP contribution in [0, 0.1) is 0 Å². The number of likely N-dealkylation sites (N-methyl/N-ethyl adjacent to an activating group) is 1. The summed E-state index contributed by atoms with van der Waals surface area (Å²) in [6, 6.07) is 11.4. The van der Waals surface area contributed by atoms with Gasteiger partial charge in [0.05, 0.1) is 0 Å². The van der Waals surface area contributed by atoms with E-state index in [9.17, 15) is 9.59 Å². The van der Waals surface area contributed by atoms with E-state index in [2.05, 4.69) is 22.9 Å². The minimum atomic E-state index is -0.141. The number of piperazine rings is 1. The molecule has 2 amide bonds. The SMILES string of the molecule is CCN1CCN(C(=O)c2ccnc(C(=O)N3CCCc4ccccc43)c2)CC1. The number of anilines is 1. The Balaban J connectivity index is 1.53. The fraction of sp³-hybridized carbons (Fsp3) is 0.409. The molecule has 6 heteroatoms. The Morgan fingerprint density at radius 1 is 1.00 bits per heavy atom. The molecule has 4 rings (SSSR count). The molecule has 2 aromatic rings. The van der Waals surface area contributed by atoms with Crippen molar-refractivity contribution in [1.29, 1.82) is 0 Å². The minimum Gasteiger partial charge on any atom is -0.336 e. The maximum Gasteiger partial charge on any atom is 0.276 e. The van der Waals surface area contributed by atoms with Gasteiger partial charge in [0, 0.05) is 50.2 Å². The zero-order valence-corrected chi connectivity index (χ0v) is 16.3. The number of hydrogen-bond acceptors (Lipinski definition) is 4. The third-order valence-electron chi connectivity index (χ3n) is 5.69. The third kappa shape index (κ3) is 3.64. The Bertz CT molecular complexity index is 874. The first-order valence-corrected chi connectivity index (χ1v) is 10.0. The number of aromatic nitrogens is 1. The molecule has 0 aliphatic carbocycles. The van der Waals surface area contributed by atoms with Crippen LogP contribution in [-0.2, 0) is 6.42 Å². The maximum atomic E-state index is 13.1. The van der Waals surface area contributed by atoms with E-state index >= 15 is 0 Å². The van der Waals surface area contributed by atoms with Gasteiger partial charge in [0.25, 0.3) is 11.8 Å². The van der Waals surface area contributed by atoms with Crippen molar-refractivity contribution in [2.75, 3.05) is 44.2 Å². The van der Waals surface area contributed by atoms with Gasteiger partial charge in [-0.1, -0.05) is 25.1 Å². The molecule has 1 aromatic carbocycles. The number of fused-ring (bicyclic) bond motifs is 1. The number of hydrogen-bond donors (Lipinski definition) is 0. The predicted octanol–water partition coefficient (Wildman–Crippen LogP) is 2.45. The van der Waals surface area contributed by atoms with Crippen LogP contribution in [0.25, 0.3) is 0 Å². The van der Waals surface area contributed by atoms with Gasteiger partial charge in [0.2, 0.25) is 0 Å². The van der Waals surface area contributed by atoms with Gasteiger partial charge in [-0.2, -0.15) is 0 Å². The number of nitrogens with zero attached hydrogens (tertiary/aromatic N) is 4. The van der Waals surface area contributed by atoms with E-state index in [1.165, 1.54) is 5.56 Å². The van der Waals surface area contributed by atoms with Crippen LogP contribution < -0.4 is 4.90 Å². The van der Waals surface area contributed by atoms with E-state index in [0.717, 1.165) is 51.3 Å². The van der Waals surface area contributed by atoms with Crippen molar-refractivity contribution >= 4 is 17.5 Å². The van der Waals surface area contributed by atoms with Crippen LogP contribution in [0.2, 0.25) is 0 Å². The van der Waals surface area contributed by atoms with Crippen molar-refractivity contribution in [3.8, 4) is 0 Å². The molecule has 0 bridgehead atoms. The lowest BCUT2D eigenvalue weighted by atomic mass is 10.0. The van der Waals surface area contributed by atoms with Gasteiger partial charge in [-0.15, -0.1) is 0 Å². The summed E-state index contributed by atoms with van der Waals surface area (Å²) in [6.45, 7) is 7.04. The molecular formula is C22H26N4O2. The molecule has 146 valence electrons. The third-order valence-corrected chi connectivity index (χ3v) is 5.69. The summed E-state index contributed by atoms with van der Waals surface area (Å²) in [6.07, 6.45) is 3.48. The first kappa shape index (κ1) is 18.6. The molecule has 0 N–H and O–H groups in total. The van der Waals surface area contributed by atoms with Gasteiger partial charge in [-0.3, -0.25) is 14.6 Å². The van der Waals surface area contributed by atoms with Crippen LogP contribution in [-0.4, -0.2) is 65.9 Å². The molecule has 0 radical (unpaired) electrons. The molecule has 2 aliphatic heterocycles. The van der Waals surface area contributed by atoms with E-state index in [4.69, 9.17) is 0 Å². The number of benzene rings is 1. The highest BCUT2D eigenvalue weighted by Crippen LogP contribution is 2.28. The van der Waals surface area contributed by atoms with Gasteiger partial charge in [0.15, 0.2) is 0 Å². The molecule has 2 aliphatic rings. The molecule has 0 atom stereocenters. The second-order valence-corrected chi connectivity index (χ2v) is 7.35. The van der Waals surface area contributed by atoms with Crippen LogP contribution in [0.5, 0.6) is 0 Å². The molecule has 3 heterocycles. The number of rotatable bonds is 3. The molecule has 28 heavy (non-hydrogen) atoms. The Kier molecular flexibility index (Phi) is 5.39. The molecule has 1 saturated heterocycles. The van der Waals surface area contributed by atoms with Crippen LogP contribution in [0.15, 0.2) is 42.6 Å². The predicted molar refractivity (Wildman–Crippen MR) is 109 cm³/mol. The highest BCUT2D eigenvalue weighted by molar-refractivity contribution is 6.07. The van der Waals surface area contributed by atoms with Gasteiger partial charge in [-0.05, 0) is 43.1 Å². The lowest BCUT2D eigenvalue weighted by Crippen LogP contribution is -2.48. The molecule has 1 fully saturated rings. The molecule has 0 spiro atoms. The monoisotopic (exact) mass is 378 g/mol. The Hall–Kier alpha value is -2.73. The fourth-order valence-corrected chi connectivity index (χ4v) is 4.01. The number of para-hydroxylation sites is 1. The number of pyridine rings is 1. The van der Waals surface area contributed by atoms with Crippen molar-refractivity contribution in [2.24, 2.45) is 0 Å². The van der Waals surface area contributed by atoms with Crippen molar-refractivity contribution in [1.82, 2.24) is 14.8 Å². The summed E-state index contributed by atoms with van der Waals surface area (Å²) in [4.78, 5) is 36.3. The Labute approximate surface area is 165 Å². The zero-order valence-electron chi connectivity index (χ0n) is 16.3. The first-order valence-electron chi connectivity index (χ1n) is 10.0. The van der Waals surface area contributed by atoms with Crippen molar-refractivity contribution < 1.29 is 9.59 Å². The van der Waals surface area contributed by atoms with Crippen LogP contribution >= 0.6 is 0 Å². The Morgan fingerprint density at radius 2 is 1.79 bits per heavy atom. The minimum absolute atomic E-state index is 0.0220. The molecule has 0 saturated carbocycles. The van der Waals surface area contributed by atoms with Gasteiger partial charge < -0.3 is 14.7 Å². The van der Waals surface area contributed by atoms with Gasteiger partial charge >= 0.3 is 0 Å². The molecule has 6 nitrogen and oxygen atoms in total. The van der Waals surface area contributed by atoms with Crippen LogP contribution in [0.1, 0.15) is 39.8 Å². The highest BCUT2D eigenvalue weighted by atomic mass is 16.2. The number of carbonyl (C=O) groups is 2. The van der Waals surface area contributed by atoms with E-state index in [1.807, 2.05) is 23.1 Å². The fourth-order valence-electron chi connectivity index (χ4n) is 4.01. The topological polar surface area (TPSA) is 56.8 Å². The first-order chi connectivity index (χ1) is 13.7. The summed E-state index contributed by atoms with van der Waals surface area (Å²) < 4.78 is 0. The van der Waals surface area contributed by atoms with E-state index in [1.54, 1.807) is 23.2 Å². The quantitative estimate of drug-likeness (QED) is 0.823. The van der Waals surface area contributed by atoms with Crippen molar-refractivity contribution in [3.63, 3.8) is 0 Å². The summed E-state index contributed by atoms with van der Waals surface area (Å²) >= 11 is 0. The second kappa shape index (κ2) is 8.10. The molecular weight excluding hydrogens is 352 g/mol. The average Bonchev–Trinajstić information content (AvgIpc) is 2.78. The number of amides is 2. The summed E-state index contributed by atoms with van der Waals surface area (Å²) in [5, 5.41) is 0. The zero-order chi connectivity index (χ0) is 19.5. The highest BCUT2D eigenvalue weighted by Gasteiger charge is 2.26. The van der Waals surface area contributed by atoms with E-state index < -0.39 is 0 Å². The molecule has 1 aromatic heterocycles. The second-order valence-electron chi connectivity index (χ2n) is 7.35. The summed E-state index contributed by atoms with van der Waals surface area (Å²) in [7, 11) is 0. The van der Waals surface area contributed by atoms with Gasteiger partial charge in [0.1, 0.15) is 5.69 Å². The van der Waals surface area contributed by atoms with Crippen molar-refractivity contribution in [3.05, 3.63) is 59.4 Å². The van der Waals surface area contributed by atoms with E-state index in [-0.39, 0.29) is 11.8 Å². The Morgan fingerprint density at radius 3 is 2.57 bits per heavy atom. The standard InChI is InChI=1S/C22H26N4O2/c1-2-24-12-14-25(15-13-24)21(27)18-9-10-23-19(16-18)22(28)26-11-5-7-17-6-3-4-8-20(17)26/h3-4,6,8-10,16H,2,5,7,11-15H2,1H3. The van der Waals surface area contributed by atoms with Gasteiger partial charge in [-0.25, -0.2) is 0 Å². The molecule has 0 unspecified atom stereocenters. The average molecular weight is 378 g/mol. The summed E-state index contributed by atoms with van der Waals surface area (Å²) in [5.41, 5.74) is 3.00. The van der Waals surface area contributed by atoms with Crippen LogP contribution in [0.3, 0.4) is 0 Å². The van der Waals surface area contributed by atoms with E-state index in [0.29, 0.717) is 17.8 Å². The number of carbonyl (C=O) groups excluding carboxylic acids is 2. The normalized spacial score (nSPS) is 17.3. The smallest absolute Gasteiger partial charge is 0.276 e. The lowest BCUT2D eigenvalue weighted by Gasteiger charge is -2.34. The van der Waals surface area contributed by atoms with Crippen LogP contribution in [0.4, 0.5) is 5.69 Å². The number of aryl methyl sites for hydroxylation is 1.